The second-order valence-electron chi connectivity index (χ2n) is 3.50. The van der Waals surface area contributed by atoms with Gasteiger partial charge < -0.3 is 20.9 Å². The molecule has 0 unspecified atom stereocenters. The van der Waals surface area contributed by atoms with Crippen LogP contribution in [0, 0.1) is 0 Å². The highest BCUT2D eigenvalue weighted by atomic mass is 19.4. The van der Waals surface area contributed by atoms with Gasteiger partial charge in [0.05, 0.1) is 13.5 Å². The standard InChI is InChI=1S/C10H12F3N3O3/c1-18-7(17)3-5-2-6(4-14)8(15)16-9(5)19-10(11,12)13/h2H,3-4,14H2,1H3,(H2,15,16). The van der Waals surface area contributed by atoms with Crippen molar-refractivity contribution < 1.29 is 27.4 Å². The van der Waals surface area contributed by atoms with Gasteiger partial charge in [0.2, 0.25) is 5.88 Å². The predicted octanol–water partition coefficient (Wildman–Crippen LogP) is 0.737. The van der Waals surface area contributed by atoms with Crippen molar-refractivity contribution in [3.8, 4) is 5.88 Å². The van der Waals surface area contributed by atoms with E-state index in [0.29, 0.717) is 5.56 Å². The summed E-state index contributed by atoms with van der Waals surface area (Å²) in [6, 6.07) is 1.24. The van der Waals surface area contributed by atoms with Gasteiger partial charge in [-0.15, -0.1) is 13.2 Å². The highest BCUT2D eigenvalue weighted by Gasteiger charge is 2.33. The summed E-state index contributed by atoms with van der Waals surface area (Å²) >= 11 is 0. The number of ether oxygens (including phenoxy) is 2. The maximum Gasteiger partial charge on any atom is 0.574 e. The van der Waals surface area contributed by atoms with Crippen LogP contribution in [0.4, 0.5) is 19.0 Å². The normalized spacial score (nSPS) is 11.2. The molecule has 0 bridgehead atoms. The second-order valence-corrected chi connectivity index (χ2v) is 3.50. The van der Waals surface area contributed by atoms with Gasteiger partial charge in [0.15, 0.2) is 0 Å². The number of carbonyl (C=O) groups is 1. The summed E-state index contributed by atoms with van der Waals surface area (Å²) < 4.78 is 44.7. The molecular formula is C10H12F3N3O3. The first-order valence-corrected chi connectivity index (χ1v) is 5.07. The first-order chi connectivity index (χ1) is 8.76. The van der Waals surface area contributed by atoms with Crippen LogP contribution < -0.4 is 16.2 Å². The van der Waals surface area contributed by atoms with Crippen LogP contribution >= 0.6 is 0 Å². The minimum Gasteiger partial charge on any atom is -0.469 e. The molecule has 1 aromatic rings. The molecule has 0 fully saturated rings. The van der Waals surface area contributed by atoms with Gasteiger partial charge in [0, 0.05) is 17.7 Å². The lowest BCUT2D eigenvalue weighted by molar-refractivity contribution is -0.276. The van der Waals surface area contributed by atoms with Gasteiger partial charge in [-0.1, -0.05) is 0 Å². The quantitative estimate of drug-likeness (QED) is 0.788. The number of alkyl halides is 3. The zero-order valence-corrected chi connectivity index (χ0v) is 9.95. The molecule has 106 valence electrons. The molecule has 1 rings (SSSR count). The fraction of sp³-hybridized carbons (Fsp3) is 0.400. The van der Waals surface area contributed by atoms with Gasteiger partial charge >= 0.3 is 12.3 Å². The van der Waals surface area contributed by atoms with E-state index >= 15 is 0 Å². The monoisotopic (exact) mass is 279 g/mol. The van der Waals surface area contributed by atoms with E-state index in [0.717, 1.165) is 7.11 Å². The summed E-state index contributed by atoms with van der Waals surface area (Å²) in [5.74, 6) is -1.70. The molecule has 19 heavy (non-hydrogen) atoms. The summed E-state index contributed by atoms with van der Waals surface area (Å²) in [5.41, 5.74) is 11.0. The summed E-state index contributed by atoms with van der Waals surface area (Å²) in [5, 5.41) is 0. The number of methoxy groups -OCH3 is 1. The zero-order chi connectivity index (χ0) is 14.6. The number of nitrogens with two attached hydrogens (primary N) is 2. The molecule has 0 saturated carbocycles. The van der Waals surface area contributed by atoms with Crippen molar-refractivity contribution in [2.75, 3.05) is 12.8 Å². The van der Waals surface area contributed by atoms with E-state index in [1.54, 1.807) is 0 Å². The number of anilines is 1. The molecule has 6 nitrogen and oxygen atoms in total. The zero-order valence-electron chi connectivity index (χ0n) is 9.95. The van der Waals surface area contributed by atoms with Crippen LogP contribution in [0.5, 0.6) is 5.88 Å². The largest absolute Gasteiger partial charge is 0.574 e. The van der Waals surface area contributed by atoms with E-state index in [1.165, 1.54) is 6.07 Å². The van der Waals surface area contributed by atoms with Gasteiger partial charge in [-0.25, -0.2) is 0 Å². The van der Waals surface area contributed by atoms with Crippen molar-refractivity contribution in [1.29, 1.82) is 0 Å². The molecule has 0 saturated heterocycles. The number of hydrogen-bond acceptors (Lipinski definition) is 6. The Hall–Kier alpha value is -2.03. The van der Waals surface area contributed by atoms with E-state index in [9.17, 15) is 18.0 Å². The number of rotatable bonds is 4. The maximum atomic E-state index is 12.2. The Morgan fingerprint density at radius 2 is 2.05 bits per heavy atom. The minimum absolute atomic E-state index is 0.0285. The number of esters is 1. The molecule has 1 aromatic heterocycles. The van der Waals surface area contributed by atoms with Crippen LogP contribution in [0.25, 0.3) is 0 Å². The molecule has 0 aliphatic carbocycles. The van der Waals surface area contributed by atoms with Crippen molar-refractivity contribution in [2.45, 2.75) is 19.3 Å². The van der Waals surface area contributed by atoms with Crippen molar-refractivity contribution in [1.82, 2.24) is 4.98 Å². The average molecular weight is 279 g/mol. The Kier molecular flexibility index (Phi) is 4.54. The van der Waals surface area contributed by atoms with Crippen LogP contribution in [0.1, 0.15) is 11.1 Å². The Balaban J connectivity index is 3.18. The van der Waals surface area contributed by atoms with Gasteiger partial charge in [-0.2, -0.15) is 4.98 Å². The molecule has 1 heterocycles. The van der Waals surface area contributed by atoms with Crippen molar-refractivity contribution in [3.63, 3.8) is 0 Å². The number of hydrogen-bond donors (Lipinski definition) is 2. The van der Waals surface area contributed by atoms with Crippen LogP contribution in [-0.4, -0.2) is 24.4 Å². The van der Waals surface area contributed by atoms with Gasteiger partial charge in [0.25, 0.3) is 0 Å². The molecule has 0 spiro atoms. The third-order valence-electron chi connectivity index (χ3n) is 2.17. The van der Waals surface area contributed by atoms with Gasteiger partial charge in [-0.3, -0.25) is 4.79 Å². The summed E-state index contributed by atoms with van der Waals surface area (Å²) in [6.07, 6.45) is -5.36. The Bertz CT molecular complexity index is 477. The van der Waals surface area contributed by atoms with E-state index in [-0.39, 0.29) is 17.9 Å². The minimum atomic E-state index is -4.94. The molecule has 0 atom stereocenters. The second kappa shape index (κ2) is 5.74. The topological polar surface area (TPSA) is 100 Å². The fourth-order valence-corrected chi connectivity index (χ4v) is 1.31. The first-order valence-electron chi connectivity index (χ1n) is 5.07. The van der Waals surface area contributed by atoms with Crippen LogP contribution in [-0.2, 0) is 22.5 Å². The lowest BCUT2D eigenvalue weighted by atomic mass is 10.1. The van der Waals surface area contributed by atoms with Crippen LogP contribution in [0.3, 0.4) is 0 Å². The summed E-state index contributed by atoms with van der Waals surface area (Å²) in [4.78, 5) is 14.6. The summed E-state index contributed by atoms with van der Waals surface area (Å²) in [7, 11) is 1.11. The Labute approximate surface area is 106 Å². The highest BCUT2D eigenvalue weighted by Crippen LogP contribution is 2.27. The van der Waals surface area contributed by atoms with E-state index < -0.39 is 24.6 Å². The molecule has 9 heteroatoms. The third-order valence-corrected chi connectivity index (χ3v) is 2.17. The van der Waals surface area contributed by atoms with Gasteiger partial charge in [0.1, 0.15) is 5.82 Å². The van der Waals surface area contributed by atoms with E-state index in [4.69, 9.17) is 11.5 Å². The molecule has 4 N–H and O–H groups in total. The van der Waals surface area contributed by atoms with Crippen LogP contribution in [0.15, 0.2) is 6.07 Å². The molecule has 0 radical (unpaired) electrons. The Morgan fingerprint density at radius 3 is 2.53 bits per heavy atom. The molecule has 0 amide bonds. The number of halogens is 3. The van der Waals surface area contributed by atoms with Crippen molar-refractivity contribution >= 4 is 11.8 Å². The lowest BCUT2D eigenvalue weighted by Gasteiger charge is -2.14. The smallest absolute Gasteiger partial charge is 0.469 e. The van der Waals surface area contributed by atoms with Crippen molar-refractivity contribution in [2.24, 2.45) is 5.73 Å². The molecule has 0 aliphatic heterocycles. The SMILES string of the molecule is COC(=O)Cc1cc(CN)c(N)nc1OC(F)(F)F. The summed E-state index contributed by atoms with van der Waals surface area (Å²) in [6.45, 7) is -0.0285. The molecule has 0 aromatic carbocycles. The number of carbonyl (C=O) groups excluding carboxylic acids is 1. The van der Waals surface area contributed by atoms with Gasteiger partial charge in [-0.05, 0) is 6.07 Å². The average Bonchev–Trinajstić information content (AvgIpc) is 2.30. The number of aromatic nitrogens is 1. The Morgan fingerprint density at radius 1 is 1.42 bits per heavy atom. The number of nitrogens with zero attached hydrogens (tertiary/aromatic N) is 1. The van der Waals surface area contributed by atoms with Crippen LogP contribution in [0.2, 0.25) is 0 Å². The highest BCUT2D eigenvalue weighted by molar-refractivity contribution is 5.73. The van der Waals surface area contributed by atoms with E-state index in [1.807, 2.05) is 0 Å². The third kappa shape index (κ3) is 4.28. The van der Waals surface area contributed by atoms with Crippen molar-refractivity contribution in [3.05, 3.63) is 17.2 Å². The predicted molar refractivity (Wildman–Crippen MR) is 58.9 cm³/mol. The number of pyridine rings is 1. The molecule has 0 aliphatic rings. The van der Waals surface area contributed by atoms with E-state index in [2.05, 4.69) is 14.5 Å². The lowest BCUT2D eigenvalue weighted by Crippen LogP contribution is -2.21. The fourth-order valence-electron chi connectivity index (χ4n) is 1.31. The first kappa shape index (κ1) is 15.0. The maximum absolute atomic E-state index is 12.2. The molecular weight excluding hydrogens is 267 g/mol. The number of nitrogen functional groups attached to an aromatic ring is 1.